The Bertz CT molecular complexity index is 297. The van der Waals surface area contributed by atoms with Crippen LogP contribution in [-0.4, -0.2) is 39.2 Å². The summed E-state index contributed by atoms with van der Waals surface area (Å²) in [6.07, 6.45) is 2.22. The number of hydrogen-bond acceptors (Lipinski definition) is 4. The fraction of sp³-hybridized carbons (Fsp3) is 0.923. The Kier molecular flexibility index (Phi) is 5.49. The van der Waals surface area contributed by atoms with Crippen LogP contribution in [0.1, 0.15) is 47.0 Å². The minimum absolute atomic E-state index is 0.192. The van der Waals surface area contributed by atoms with Gasteiger partial charge in [-0.15, -0.1) is 0 Å². The molecule has 18 heavy (non-hydrogen) atoms. The van der Waals surface area contributed by atoms with Crippen molar-refractivity contribution in [2.24, 2.45) is 5.73 Å². The Hall–Kier alpha value is -0.260. The van der Waals surface area contributed by atoms with E-state index >= 15 is 0 Å². The van der Waals surface area contributed by atoms with Crippen LogP contribution in [0.5, 0.6) is 0 Å². The second-order valence-electron chi connectivity index (χ2n) is 5.69. The topological polar surface area (TPSA) is 75.3 Å². The number of nitrogens with one attached hydrogen (secondary N) is 1. The fourth-order valence-electron chi connectivity index (χ4n) is 2.51. The van der Waals surface area contributed by atoms with Gasteiger partial charge in [0, 0.05) is 16.5 Å². The molecule has 1 amide bonds. The first kappa shape index (κ1) is 15.8. The normalized spacial score (nSPS) is 31.6. The number of thioether (sulfide) groups is 1. The Morgan fingerprint density at radius 2 is 2.06 bits per heavy atom. The van der Waals surface area contributed by atoms with Gasteiger partial charge in [-0.05, 0) is 40.0 Å². The Balaban J connectivity index is 2.63. The summed E-state index contributed by atoms with van der Waals surface area (Å²) in [4.78, 5) is 11.7. The number of aliphatic hydroxyl groups excluding tert-OH is 1. The van der Waals surface area contributed by atoms with Crippen LogP contribution in [0, 0.1) is 0 Å². The fourth-order valence-corrected chi connectivity index (χ4v) is 3.98. The second-order valence-corrected chi connectivity index (χ2v) is 7.37. The van der Waals surface area contributed by atoms with Gasteiger partial charge in [0.15, 0.2) is 0 Å². The third-order valence-corrected chi connectivity index (χ3v) is 5.20. The van der Waals surface area contributed by atoms with Crippen molar-refractivity contribution < 1.29 is 9.90 Å². The minimum atomic E-state index is -0.551. The van der Waals surface area contributed by atoms with Gasteiger partial charge in [-0.25, -0.2) is 0 Å². The van der Waals surface area contributed by atoms with Crippen LogP contribution in [0.25, 0.3) is 0 Å². The summed E-state index contributed by atoms with van der Waals surface area (Å²) in [5.41, 5.74) is 5.02. The van der Waals surface area contributed by atoms with Gasteiger partial charge < -0.3 is 16.2 Å². The first-order chi connectivity index (χ1) is 8.27. The maximum atomic E-state index is 11.7. The van der Waals surface area contributed by atoms with E-state index in [1.807, 2.05) is 20.8 Å². The monoisotopic (exact) mass is 274 g/mol. The molecular formula is C13H26N2O2S. The van der Waals surface area contributed by atoms with Gasteiger partial charge in [0.05, 0.1) is 11.6 Å². The second kappa shape index (κ2) is 6.26. The molecule has 4 N–H and O–H groups in total. The molecular weight excluding hydrogens is 248 g/mol. The lowest BCUT2D eigenvalue weighted by molar-refractivity contribution is -0.124. The summed E-state index contributed by atoms with van der Waals surface area (Å²) < 4.78 is 0. The van der Waals surface area contributed by atoms with Gasteiger partial charge in [-0.1, -0.05) is 6.92 Å². The number of amides is 1. The minimum Gasteiger partial charge on any atom is -0.392 e. The van der Waals surface area contributed by atoms with Gasteiger partial charge in [0.2, 0.25) is 5.91 Å². The average Bonchev–Trinajstić information content (AvgIpc) is 2.61. The summed E-state index contributed by atoms with van der Waals surface area (Å²) in [7, 11) is 0. The SMILES string of the molecule is CC(C)NC1(C(N)=O)CCC(SC(C)C(C)O)C1. The maximum Gasteiger partial charge on any atom is 0.237 e. The zero-order valence-corrected chi connectivity index (χ0v) is 12.6. The van der Waals surface area contributed by atoms with Gasteiger partial charge in [0.25, 0.3) is 0 Å². The number of primary amides is 1. The molecule has 0 radical (unpaired) electrons. The van der Waals surface area contributed by atoms with Crippen molar-refractivity contribution in [3.63, 3.8) is 0 Å². The first-order valence-corrected chi connectivity index (χ1v) is 7.62. The van der Waals surface area contributed by atoms with Crippen LogP contribution < -0.4 is 11.1 Å². The molecule has 1 saturated carbocycles. The van der Waals surface area contributed by atoms with Crippen LogP contribution in [0.3, 0.4) is 0 Å². The summed E-state index contributed by atoms with van der Waals surface area (Å²) >= 11 is 1.76. The third kappa shape index (κ3) is 3.87. The summed E-state index contributed by atoms with van der Waals surface area (Å²) in [5.74, 6) is -0.246. The Labute approximate surface area is 114 Å². The van der Waals surface area contributed by atoms with Gasteiger partial charge >= 0.3 is 0 Å². The van der Waals surface area contributed by atoms with E-state index in [1.54, 1.807) is 18.7 Å². The maximum absolute atomic E-state index is 11.7. The van der Waals surface area contributed by atoms with Crippen LogP contribution in [0.4, 0.5) is 0 Å². The number of carbonyl (C=O) groups is 1. The van der Waals surface area contributed by atoms with E-state index in [9.17, 15) is 9.90 Å². The highest BCUT2D eigenvalue weighted by molar-refractivity contribution is 8.00. The Morgan fingerprint density at radius 1 is 1.44 bits per heavy atom. The van der Waals surface area contributed by atoms with E-state index in [0.29, 0.717) is 5.25 Å². The molecule has 0 heterocycles. The van der Waals surface area contributed by atoms with Gasteiger partial charge in [0.1, 0.15) is 0 Å². The van der Waals surface area contributed by atoms with E-state index in [2.05, 4.69) is 5.32 Å². The van der Waals surface area contributed by atoms with Crippen LogP contribution in [0.15, 0.2) is 0 Å². The van der Waals surface area contributed by atoms with E-state index in [4.69, 9.17) is 5.73 Å². The number of aliphatic hydroxyl groups is 1. The lowest BCUT2D eigenvalue weighted by atomic mass is 9.96. The van der Waals surface area contributed by atoms with E-state index in [0.717, 1.165) is 19.3 Å². The zero-order chi connectivity index (χ0) is 13.9. The highest BCUT2D eigenvalue weighted by Crippen LogP contribution is 2.39. The number of nitrogens with two attached hydrogens (primary N) is 1. The van der Waals surface area contributed by atoms with Crippen LogP contribution in [0.2, 0.25) is 0 Å². The van der Waals surface area contributed by atoms with E-state index in [1.165, 1.54) is 0 Å². The molecule has 4 unspecified atom stereocenters. The van der Waals surface area contributed by atoms with Gasteiger partial charge in [-0.3, -0.25) is 4.79 Å². The smallest absolute Gasteiger partial charge is 0.237 e. The molecule has 4 nitrogen and oxygen atoms in total. The lowest BCUT2D eigenvalue weighted by Crippen LogP contribution is -2.56. The number of carbonyl (C=O) groups excluding carboxylic acids is 1. The van der Waals surface area contributed by atoms with Crippen molar-refractivity contribution >= 4 is 17.7 Å². The quantitative estimate of drug-likeness (QED) is 0.682. The Morgan fingerprint density at radius 3 is 2.50 bits per heavy atom. The summed E-state index contributed by atoms with van der Waals surface area (Å²) in [6, 6.07) is 0.246. The van der Waals surface area contributed by atoms with Crippen molar-refractivity contribution in [2.45, 2.75) is 75.1 Å². The average molecular weight is 274 g/mol. The predicted molar refractivity (Wildman–Crippen MR) is 76.6 cm³/mol. The zero-order valence-electron chi connectivity index (χ0n) is 11.8. The molecule has 0 aliphatic heterocycles. The highest BCUT2D eigenvalue weighted by atomic mass is 32.2. The molecule has 1 aliphatic rings. The molecule has 0 bridgehead atoms. The van der Waals surface area contributed by atoms with Gasteiger partial charge in [-0.2, -0.15) is 11.8 Å². The number of hydrogen-bond donors (Lipinski definition) is 3. The van der Waals surface area contributed by atoms with Crippen molar-refractivity contribution in [2.75, 3.05) is 0 Å². The molecule has 0 aromatic heterocycles. The molecule has 5 heteroatoms. The van der Waals surface area contributed by atoms with Crippen molar-refractivity contribution in [1.82, 2.24) is 5.32 Å². The molecule has 1 aliphatic carbocycles. The van der Waals surface area contributed by atoms with Crippen molar-refractivity contribution in [3.8, 4) is 0 Å². The van der Waals surface area contributed by atoms with Crippen molar-refractivity contribution in [1.29, 1.82) is 0 Å². The third-order valence-electron chi connectivity index (χ3n) is 3.59. The molecule has 106 valence electrons. The molecule has 0 spiro atoms. The summed E-state index contributed by atoms with van der Waals surface area (Å²) in [5, 5.41) is 13.5. The van der Waals surface area contributed by atoms with Crippen LogP contribution in [-0.2, 0) is 4.79 Å². The van der Waals surface area contributed by atoms with Crippen molar-refractivity contribution in [3.05, 3.63) is 0 Å². The predicted octanol–water partition coefficient (Wildman–Crippen LogP) is 1.26. The molecule has 4 atom stereocenters. The highest BCUT2D eigenvalue weighted by Gasteiger charge is 2.44. The van der Waals surface area contributed by atoms with E-state index < -0.39 is 5.54 Å². The molecule has 0 saturated heterocycles. The van der Waals surface area contributed by atoms with Crippen LogP contribution >= 0.6 is 11.8 Å². The molecule has 0 aromatic rings. The standard InChI is InChI=1S/C13H26N2O2S/c1-8(2)15-13(12(14)17)6-5-11(7-13)18-10(4)9(3)16/h8-11,15-16H,5-7H2,1-4H3,(H2,14,17). The summed E-state index contributed by atoms with van der Waals surface area (Å²) in [6.45, 7) is 7.89. The first-order valence-electron chi connectivity index (χ1n) is 6.68. The number of rotatable bonds is 6. The molecule has 1 fully saturated rings. The largest absolute Gasteiger partial charge is 0.392 e. The lowest BCUT2D eigenvalue weighted by Gasteiger charge is -2.30. The van der Waals surface area contributed by atoms with E-state index in [-0.39, 0.29) is 23.3 Å². The molecule has 1 rings (SSSR count). The molecule has 0 aromatic carbocycles.